The van der Waals surface area contributed by atoms with Gasteiger partial charge < -0.3 is 4.74 Å². The third-order valence-electron chi connectivity index (χ3n) is 1.35. The molecular weight excluding hydrogens is 140 g/mol. The van der Waals surface area contributed by atoms with Crippen molar-refractivity contribution in [2.75, 3.05) is 0 Å². The lowest BCUT2D eigenvalue weighted by atomic mass is 10.2. The fraction of sp³-hybridized carbons (Fsp3) is 0.222. The van der Waals surface area contributed by atoms with Crippen LogP contribution >= 0.6 is 0 Å². The first-order valence-electron chi connectivity index (χ1n) is 3.54. The monoisotopic (exact) mass is 150 g/mol. The van der Waals surface area contributed by atoms with Crippen LogP contribution in [0.3, 0.4) is 0 Å². The van der Waals surface area contributed by atoms with Gasteiger partial charge in [-0.2, -0.15) is 0 Å². The smallest absolute Gasteiger partial charge is 0.335 e. The van der Waals surface area contributed by atoms with E-state index in [1.807, 2.05) is 12.2 Å². The molecule has 0 spiro atoms. The minimum Gasteiger partial charge on any atom is -0.424 e. The summed E-state index contributed by atoms with van der Waals surface area (Å²) in [5.41, 5.74) is 0. The van der Waals surface area contributed by atoms with Crippen LogP contribution in [0.15, 0.2) is 36.6 Å². The summed E-state index contributed by atoms with van der Waals surface area (Å²) in [4.78, 5) is 10.7. The van der Waals surface area contributed by atoms with Crippen LogP contribution in [0, 0.1) is 0 Å². The lowest BCUT2D eigenvalue weighted by molar-refractivity contribution is -0.133. The zero-order valence-electron chi connectivity index (χ0n) is 6.25. The molecule has 0 N–H and O–H groups in total. The fourth-order valence-electron chi connectivity index (χ4n) is 0.823. The maximum Gasteiger partial charge on any atom is 0.335 e. The van der Waals surface area contributed by atoms with Gasteiger partial charge in [-0.25, -0.2) is 4.79 Å². The van der Waals surface area contributed by atoms with E-state index in [1.165, 1.54) is 0 Å². The number of ether oxygens (including phenoxy) is 1. The van der Waals surface area contributed by atoms with Crippen molar-refractivity contribution in [3.63, 3.8) is 0 Å². The molecule has 1 aliphatic carbocycles. The van der Waals surface area contributed by atoms with Gasteiger partial charge in [-0.1, -0.05) is 12.7 Å². The lowest BCUT2D eigenvalue weighted by Gasteiger charge is -2.04. The van der Waals surface area contributed by atoms with Gasteiger partial charge in [0.05, 0.1) is 0 Å². The van der Waals surface area contributed by atoms with Crippen molar-refractivity contribution >= 4 is 5.97 Å². The van der Waals surface area contributed by atoms with Gasteiger partial charge in [-0.15, -0.1) is 0 Å². The fourth-order valence-corrected chi connectivity index (χ4v) is 0.823. The van der Waals surface area contributed by atoms with E-state index in [-0.39, 0.29) is 0 Å². The summed E-state index contributed by atoms with van der Waals surface area (Å²) in [6.07, 6.45) is 8.78. The minimum absolute atomic E-state index is 0.400. The molecular formula is C9H10O2. The van der Waals surface area contributed by atoms with Crippen molar-refractivity contribution in [2.24, 2.45) is 0 Å². The second kappa shape index (κ2) is 3.76. The first kappa shape index (κ1) is 7.79. The highest BCUT2D eigenvalue weighted by Crippen LogP contribution is 2.10. The van der Waals surface area contributed by atoms with E-state index in [0.29, 0.717) is 5.76 Å². The van der Waals surface area contributed by atoms with Gasteiger partial charge in [-0.05, 0) is 25.0 Å². The van der Waals surface area contributed by atoms with Crippen LogP contribution in [-0.2, 0) is 9.53 Å². The molecule has 0 fully saturated rings. The zero-order valence-corrected chi connectivity index (χ0v) is 6.25. The molecule has 0 aliphatic heterocycles. The van der Waals surface area contributed by atoms with Crippen molar-refractivity contribution in [1.29, 1.82) is 0 Å². The molecule has 0 aromatic heterocycles. The number of hydrogen-bond donors (Lipinski definition) is 0. The van der Waals surface area contributed by atoms with E-state index >= 15 is 0 Å². The highest BCUT2D eigenvalue weighted by atomic mass is 16.5. The molecule has 0 atom stereocenters. The van der Waals surface area contributed by atoms with E-state index in [1.54, 1.807) is 6.08 Å². The Balaban J connectivity index is 2.48. The van der Waals surface area contributed by atoms with Gasteiger partial charge >= 0.3 is 5.97 Å². The topological polar surface area (TPSA) is 26.3 Å². The SMILES string of the molecule is C=CC(=O)OC1=CCCC=C1. The Morgan fingerprint density at radius 1 is 1.64 bits per heavy atom. The Morgan fingerprint density at radius 2 is 2.45 bits per heavy atom. The molecule has 58 valence electrons. The van der Waals surface area contributed by atoms with E-state index in [9.17, 15) is 4.79 Å². The second-order valence-corrected chi connectivity index (χ2v) is 2.21. The molecule has 1 rings (SSSR count). The molecule has 0 radical (unpaired) electrons. The van der Waals surface area contributed by atoms with Crippen LogP contribution in [0.2, 0.25) is 0 Å². The van der Waals surface area contributed by atoms with Crippen molar-refractivity contribution < 1.29 is 9.53 Å². The Morgan fingerprint density at radius 3 is 3.00 bits per heavy atom. The van der Waals surface area contributed by atoms with Crippen LogP contribution in [0.4, 0.5) is 0 Å². The molecule has 2 nitrogen and oxygen atoms in total. The molecule has 0 aromatic rings. The van der Waals surface area contributed by atoms with Gasteiger partial charge in [0.25, 0.3) is 0 Å². The predicted molar refractivity (Wildman–Crippen MR) is 42.7 cm³/mol. The molecule has 0 saturated heterocycles. The van der Waals surface area contributed by atoms with Crippen molar-refractivity contribution in [1.82, 2.24) is 0 Å². The highest BCUT2D eigenvalue weighted by Gasteiger charge is 2.01. The Kier molecular flexibility index (Phi) is 2.66. The molecule has 0 saturated carbocycles. The first-order valence-corrected chi connectivity index (χ1v) is 3.54. The normalized spacial score (nSPS) is 15.5. The second-order valence-electron chi connectivity index (χ2n) is 2.21. The minimum atomic E-state index is -0.400. The van der Waals surface area contributed by atoms with Crippen LogP contribution < -0.4 is 0 Å². The number of rotatable bonds is 2. The summed E-state index contributed by atoms with van der Waals surface area (Å²) in [5.74, 6) is 0.226. The van der Waals surface area contributed by atoms with E-state index in [2.05, 4.69) is 6.58 Å². The van der Waals surface area contributed by atoms with Crippen LogP contribution in [0.5, 0.6) is 0 Å². The quantitative estimate of drug-likeness (QED) is 0.444. The van der Waals surface area contributed by atoms with E-state index < -0.39 is 5.97 Å². The first-order chi connectivity index (χ1) is 5.33. The Labute approximate surface area is 65.9 Å². The lowest BCUT2D eigenvalue weighted by Crippen LogP contribution is -1.99. The summed E-state index contributed by atoms with van der Waals surface area (Å²) >= 11 is 0. The molecule has 0 bridgehead atoms. The van der Waals surface area contributed by atoms with Gasteiger partial charge in [0.2, 0.25) is 0 Å². The van der Waals surface area contributed by atoms with Crippen LogP contribution in [0.1, 0.15) is 12.8 Å². The molecule has 2 heteroatoms. The van der Waals surface area contributed by atoms with Crippen molar-refractivity contribution in [3.8, 4) is 0 Å². The van der Waals surface area contributed by atoms with Gasteiger partial charge in [0, 0.05) is 6.08 Å². The largest absolute Gasteiger partial charge is 0.424 e. The zero-order chi connectivity index (χ0) is 8.10. The van der Waals surface area contributed by atoms with Gasteiger partial charge in [-0.3, -0.25) is 0 Å². The predicted octanol–water partition coefficient (Wildman–Crippen LogP) is 1.95. The average molecular weight is 150 g/mol. The molecule has 0 aromatic carbocycles. The van der Waals surface area contributed by atoms with Gasteiger partial charge in [0.15, 0.2) is 0 Å². The van der Waals surface area contributed by atoms with E-state index in [4.69, 9.17) is 4.74 Å². The Bertz CT molecular complexity index is 224. The van der Waals surface area contributed by atoms with Gasteiger partial charge in [0.1, 0.15) is 5.76 Å². The number of allylic oxidation sites excluding steroid dienone is 3. The molecule has 0 amide bonds. The number of esters is 1. The van der Waals surface area contributed by atoms with E-state index in [0.717, 1.165) is 18.9 Å². The van der Waals surface area contributed by atoms with Crippen molar-refractivity contribution in [2.45, 2.75) is 12.8 Å². The third kappa shape index (κ3) is 2.42. The number of hydrogen-bond acceptors (Lipinski definition) is 2. The van der Waals surface area contributed by atoms with Crippen LogP contribution in [0.25, 0.3) is 0 Å². The molecule has 0 heterocycles. The molecule has 11 heavy (non-hydrogen) atoms. The highest BCUT2D eigenvalue weighted by molar-refractivity contribution is 5.82. The summed E-state index contributed by atoms with van der Waals surface area (Å²) in [6, 6.07) is 0. The summed E-state index contributed by atoms with van der Waals surface area (Å²) in [6.45, 7) is 3.30. The summed E-state index contributed by atoms with van der Waals surface area (Å²) in [5, 5.41) is 0. The standard InChI is InChI=1S/C9H10O2/c1-2-9(10)11-8-6-4-3-5-7-8/h2,4,6-7H,1,3,5H2. The van der Waals surface area contributed by atoms with Crippen LogP contribution in [-0.4, -0.2) is 5.97 Å². The Hall–Kier alpha value is -1.31. The molecule has 1 aliphatic rings. The van der Waals surface area contributed by atoms with Crippen molar-refractivity contribution in [3.05, 3.63) is 36.6 Å². The molecule has 0 unspecified atom stereocenters. The number of carbonyl (C=O) groups is 1. The average Bonchev–Trinajstić information content (AvgIpc) is 2.06. The third-order valence-corrected chi connectivity index (χ3v) is 1.35. The summed E-state index contributed by atoms with van der Waals surface area (Å²) < 4.78 is 4.86. The number of carbonyl (C=O) groups excluding carboxylic acids is 1. The summed E-state index contributed by atoms with van der Waals surface area (Å²) in [7, 11) is 0. The maximum absolute atomic E-state index is 10.7. The maximum atomic E-state index is 10.7.